The van der Waals surface area contributed by atoms with Gasteiger partial charge in [0, 0.05) is 6.07 Å². The highest BCUT2D eigenvalue weighted by Gasteiger charge is 2.52. The lowest BCUT2D eigenvalue weighted by atomic mass is 9.52. The lowest BCUT2D eigenvalue weighted by Gasteiger charge is -2.53. The number of anilines is 1. The van der Waals surface area contributed by atoms with Gasteiger partial charge in [0.15, 0.2) is 11.9 Å². The van der Waals surface area contributed by atoms with Crippen molar-refractivity contribution in [2.24, 2.45) is 35.5 Å². The number of nitrogens with one attached hydrogen (secondary N) is 1. The Balaban J connectivity index is 1.43. The minimum Gasteiger partial charge on any atom is -0.452 e. The Morgan fingerprint density at radius 3 is 2.27 bits per heavy atom. The summed E-state index contributed by atoms with van der Waals surface area (Å²) in [7, 11) is 0. The number of aromatic nitrogens is 1. The molecule has 1 N–H and O–H groups in total. The van der Waals surface area contributed by atoms with Crippen LogP contribution in [0.15, 0.2) is 10.6 Å². The van der Waals surface area contributed by atoms with Gasteiger partial charge in [0.25, 0.3) is 5.91 Å². The number of nitrogens with zero attached hydrogens (tertiary/aromatic N) is 1. The number of aryl methyl sites for hydroxylation is 1. The molecule has 0 aliphatic heterocycles. The number of carbonyl (C=O) groups is 2. The largest absolute Gasteiger partial charge is 0.452 e. The Morgan fingerprint density at radius 1 is 1.15 bits per heavy atom. The average Bonchev–Trinajstić information content (AvgIpc) is 2.96. The summed E-state index contributed by atoms with van der Waals surface area (Å²) in [5.74, 6) is 2.84. The first kappa shape index (κ1) is 17.6. The van der Waals surface area contributed by atoms with Gasteiger partial charge in [0.2, 0.25) is 0 Å². The Morgan fingerprint density at radius 2 is 1.77 bits per heavy atom. The van der Waals surface area contributed by atoms with E-state index in [2.05, 4.69) is 10.5 Å². The molecule has 0 radical (unpaired) electrons. The third-order valence-corrected chi connectivity index (χ3v) is 6.49. The maximum atomic E-state index is 13.0. The topological polar surface area (TPSA) is 81.4 Å². The van der Waals surface area contributed by atoms with E-state index in [0.29, 0.717) is 23.4 Å². The number of hydrogen-bond donors (Lipinski definition) is 1. The molecule has 1 aromatic heterocycles. The lowest BCUT2D eigenvalue weighted by Crippen LogP contribution is -2.50. The quantitative estimate of drug-likeness (QED) is 0.812. The predicted octanol–water partition coefficient (Wildman–Crippen LogP) is 3.56. The molecule has 4 aliphatic carbocycles. The molecule has 0 spiro atoms. The molecule has 4 aliphatic rings. The number of rotatable bonds is 5. The van der Waals surface area contributed by atoms with E-state index in [9.17, 15) is 9.59 Å². The van der Waals surface area contributed by atoms with Crippen LogP contribution in [0.3, 0.4) is 0 Å². The third kappa shape index (κ3) is 3.26. The number of amides is 1. The van der Waals surface area contributed by atoms with Crippen molar-refractivity contribution in [3.63, 3.8) is 0 Å². The Labute approximate surface area is 154 Å². The molecule has 26 heavy (non-hydrogen) atoms. The fourth-order valence-corrected chi connectivity index (χ4v) is 5.63. The van der Waals surface area contributed by atoms with Crippen molar-refractivity contribution in [2.75, 3.05) is 5.32 Å². The van der Waals surface area contributed by atoms with Gasteiger partial charge in [0.05, 0.1) is 5.92 Å². The summed E-state index contributed by atoms with van der Waals surface area (Å²) in [4.78, 5) is 25.6. The fraction of sp³-hybridized carbons (Fsp3) is 0.750. The number of hydrogen-bond acceptors (Lipinski definition) is 5. The van der Waals surface area contributed by atoms with Crippen LogP contribution in [0.2, 0.25) is 0 Å². The van der Waals surface area contributed by atoms with Gasteiger partial charge < -0.3 is 14.6 Å². The smallest absolute Gasteiger partial charge is 0.310 e. The molecule has 4 bridgehead atoms. The molecule has 1 heterocycles. The summed E-state index contributed by atoms with van der Waals surface area (Å²) in [6.45, 7) is 5.54. The second-order valence-corrected chi connectivity index (χ2v) is 8.87. The molecule has 4 saturated carbocycles. The van der Waals surface area contributed by atoms with Crippen molar-refractivity contribution in [3.8, 4) is 0 Å². The van der Waals surface area contributed by atoms with Gasteiger partial charge >= 0.3 is 5.97 Å². The molecule has 142 valence electrons. The summed E-state index contributed by atoms with van der Waals surface area (Å²) in [6, 6.07) is 1.65. The second-order valence-electron chi connectivity index (χ2n) is 8.87. The maximum absolute atomic E-state index is 13.0. The second kappa shape index (κ2) is 6.71. The summed E-state index contributed by atoms with van der Waals surface area (Å²) in [5.41, 5.74) is 0. The summed E-state index contributed by atoms with van der Waals surface area (Å²) in [5, 5.41) is 6.47. The molecule has 6 heteroatoms. The van der Waals surface area contributed by atoms with E-state index in [1.807, 2.05) is 13.8 Å². The maximum Gasteiger partial charge on any atom is 0.310 e. The van der Waals surface area contributed by atoms with E-state index < -0.39 is 6.10 Å². The number of esters is 1. The van der Waals surface area contributed by atoms with E-state index in [0.717, 1.165) is 37.5 Å². The first-order valence-electron chi connectivity index (χ1n) is 9.85. The van der Waals surface area contributed by atoms with Crippen LogP contribution >= 0.6 is 0 Å². The molecular weight excluding hydrogens is 332 g/mol. The van der Waals surface area contributed by atoms with Crippen LogP contribution in [0.1, 0.15) is 51.7 Å². The zero-order chi connectivity index (χ0) is 18.4. The molecule has 5 rings (SSSR count). The zero-order valence-electron chi connectivity index (χ0n) is 15.7. The highest BCUT2D eigenvalue weighted by molar-refractivity contribution is 5.95. The summed E-state index contributed by atoms with van der Waals surface area (Å²) >= 11 is 0. The molecule has 0 unspecified atom stereocenters. The average molecular weight is 360 g/mol. The highest BCUT2D eigenvalue weighted by Crippen LogP contribution is 2.56. The zero-order valence-corrected chi connectivity index (χ0v) is 15.7. The fourth-order valence-electron chi connectivity index (χ4n) is 5.63. The first-order chi connectivity index (χ1) is 12.4. The van der Waals surface area contributed by atoms with E-state index >= 15 is 0 Å². The van der Waals surface area contributed by atoms with Gasteiger partial charge in [-0.15, -0.1) is 0 Å². The molecule has 1 aromatic rings. The van der Waals surface area contributed by atoms with Crippen LogP contribution in [0, 0.1) is 42.4 Å². The van der Waals surface area contributed by atoms with Crippen LogP contribution in [-0.4, -0.2) is 23.1 Å². The summed E-state index contributed by atoms with van der Waals surface area (Å²) in [6.07, 6.45) is 5.17. The molecule has 6 nitrogen and oxygen atoms in total. The van der Waals surface area contributed by atoms with Crippen molar-refractivity contribution in [3.05, 3.63) is 11.8 Å². The first-order valence-corrected chi connectivity index (χ1v) is 9.85. The Hall–Kier alpha value is -1.85. The van der Waals surface area contributed by atoms with Gasteiger partial charge in [-0.1, -0.05) is 19.0 Å². The molecule has 0 saturated heterocycles. The molecule has 1 amide bonds. The van der Waals surface area contributed by atoms with Gasteiger partial charge in [-0.2, -0.15) is 0 Å². The van der Waals surface area contributed by atoms with Crippen LogP contribution < -0.4 is 5.32 Å². The monoisotopic (exact) mass is 360 g/mol. The van der Waals surface area contributed by atoms with Crippen molar-refractivity contribution in [1.29, 1.82) is 0 Å². The van der Waals surface area contributed by atoms with Gasteiger partial charge in [-0.3, -0.25) is 9.59 Å². The Bertz CT molecular complexity index is 668. The van der Waals surface area contributed by atoms with Crippen LogP contribution in [0.4, 0.5) is 5.82 Å². The minimum atomic E-state index is -0.809. The number of ether oxygens (including phenoxy) is 1. The SMILES string of the molecule is Cc1cc(NC(=O)[C@@H](OC(=O)C2C3CC4CC(C3)CC2C4)C(C)C)no1. The number of carbonyl (C=O) groups excluding carboxylic acids is 2. The Kier molecular flexibility index (Phi) is 4.53. The van der Waals surface area contributed by atoms with Crippen molar-refractivity contribution < 1.29 is 18.8 Å². The van der Waals surface area contributed by atoms with Gasteiger partial charge in [-0.05, 0) is 68.6 Å². The van der Waals surface area contributed by atoms with E-state index in [4.69, 9.17) is 9.26 Å². The third-order valence-electron chi connectivity index (χ3n) is 6.49. The summed E-state index contributed by atoms with van der Waals surface area (Å²) < 4.78 is 10.7. The van der Waals surface area contributed by atoms with Crippen molar-refractivity contribution in [2.45, 2.75) is 59.0 Å². The molecule has 0 aromatic carbocycles. The van der Waals surface area contributed by atoms with Crippen LogP contribution in [0.25, 0.3) is 0 Å². The molecule has 1 atom stereocenters. The molecular formula is C20H28N2O4. The van der Waals surface area contributed by atoms with E-state index in [1.54, 1.807) is 13.0 Å². The van der Waals surface area contributed by atoms with Crippen LogP contribution in [0.5, 0.6) is 0 Å². The van der Waals surface area contributed by atoms with Crippen LogP contribution in [-0.2, 0) is 14.3 Å². The van der Waals surface area contributed by atoms with Gasteiger partial charge in [0.1, 0.15) is 5.76 Å². The minimum absolute atomic E-state index is 0.0221. The van der Waals surface area contributed by atoms with E-state index in [1.165, 1.54) is 6.42 Å². The molecule has 4 fully saturated rings. The predicted molar refractivity (Wildman–Crippen MR) is 95.1 cm³/mol. The normalized spacial score (nSPS) is 33.3. The van der Waals surface area contributed by atoms with Crippen molar-refractivity contribution >= 4 is 17.7 Å². The van der Waals surface area contributed by atoms with Crippen molar-refractivity contribution in [1.82, 2.24) is 5.16 Å². The highest BCUT2D eigenvalue weighted by atomic mass is 16.5. The lowest BCUT2D eigenvalue weighted by molar-refractivity contribution is -0.172. The standard InChI is InChI=1S/C20H28N2O4/c1-10(2)18(19(23)21-16-4-11(3)26-22-16)25-20(24)17-14-6-12-5-13(8-14)9-15(17)7-12/h4,10,12-15,17-18H,5-9H2,1-3H3,(H,21,22,23)/t12?,13?,14?,15?,17?,18-/m0/s1. The van der Waals surface area contributed by atoms with Gasteiger partial charge in [-0.25, -0.2) is 0 Å². The van der Waals surface area contributed by atoms with E-state index in [-0.39, 0.29) is 23.7 Å².